The summed E-state index contributed by atoms with van der Waals surface area (Å²) in [4.78, 5) is 11.2. The average Bonchev–Trinajstić information content (AvgIpc) is 2.86. The SMILES string of the molecule is COC(=O)c1cn(CC(O)c2ccccc2F)nn1. The third-order valence-electron chi connectivity index (χ3n) is 2.56. The van der Waals surface area contributed by atoms with Gasteiger partial charge >= 0.3 is 5.97 Å². The lowest BCUT2D eigenvalue weighted by atomic mass is 10.1. The number of aromatic nitrogens is 3. The van der Waals surface area contributed by atoms with Crippen molar-refractivity contribution in [3.8, 4) is 0 Å². The van der Waals surface area contributed by atoms with Gasteiger partial charge in [0.1, 0.15) is 11.9 Å². The fraction of sp³-hybridized carbons (Fsp3) is 0.250. The van der Waals surface area contributed by atoms with Crippen LogP contribution in [0.3, 0.4) is 0 Å². The Morgan fingerprint density at radius 2 is 2.26 bits per heavy atom. The van der Waals surface area contributed by atoms with Gasteiger partial charge in [0.2, 0.25) is 0 Å². The van der Waals surface area contributed by atoms with E-state index in [4.69, 9.17) is 0 Å². The normalized spacial score (nSPS) is 12.2. The minimum Gasteiger partial charge on any atom is -0.464 e. The predicted molar refractivity (Wildman–Crippen MR) is 62.7 cm³/mol. The van der Waals surface area contributed by atoms with E-state index >= 15 is 0 Å². The number of aliphatic hydroxyl groups is 1. The summed E-state index contributed by atoms with van der Waals surface area (Å²) in [5.74, 6) is -1.12. The first-order valence-corrected chi connectivity index (χ1v) is 5.52. The molecule has 2 aromatic rings. The summed E-state index contributed by atoms with van der Waals surface area (Å²) in [7, 11) is 1.23. The maximum Gasteiger partial charge on any atom is 0.360 e. The summed E-state index contributed by atoms with van der Waals surface area (Å²) in [6.07, 6.45) is 0.254. The number of aliphatic hydroxyl groups excluding tert-OH is 1. The predicted octanol–water partition coefficient (Wildman–Crippen LogP) is 0.937. The van der Waals surface area contributed by atoms with E-state index in [2.05, 4.69) is 15.0 Å². The lowest BCUT2D eigenvalue weighted by Crippen LogP contribution is -2.10. The van der Waals surface area contributed by atoms with Crippen molar-refractivity contribution in [3.05, 3.63) is 47.5 Å². The van der Waals surface area contributed by atoms with Crippen molar-refractivity contribution >= 4 is 5.97 Å². The molecule has 6 nitrogen and oxygen atoms in total. The molecule has 1 heterocycles. The van der Waals surface area contributed by atoms with Crippen LogP contribution in [0.2, 0.25) is 0 Å². The first kappa shape index (κ1) is 13.2. The molecule has 0 saturated carbocycles. The smallest absolute Gasteiger partial charge is 0.360 e. The van der Waals surface area contributed by atoms with Crippen LogP contribution in [0.1, 0.15) is 22.2 Å². The number of hydrogen-bond acceptors (Lipinski definition) is 5. The molecule has 1 aromatic heterocycles. The van der Waals surface area contributed by atoms with E-state index < -0.39 is 17.9 Å². The highest BCUT2D eigenvalue weighted by Gasteiger charge is 2.16. The standard InChI is InChI=1S/C12H12FN3O3/c1-19-12(18)10-6-16(15-14-10)7-11(17)8-4-2-3-5-9(8)13/h2-6,11,17H,7H2,1H3. The molecule has 2 rings (SSSR count). The van der Waals surface area contributed by atoms with E-state index in [0.717, 1.165) is 0 Å². The summed E-state index contributed by atoms with van der Waals surface area (Å²) in [5.41, 5.74) is 0.195. The van der Waals surface area contributed by atoms with Gasteiger partial charge in [0, 0.05) is 5.56 Å². The summed E-state index contributed by atoms with van der Waals surface area (Å²) in [6, 6.07) is 5.91. The fourth-order valence-electron chi connectivity index (χ4n) is 1.61. The summed E-state index contributed by atoms with van der Waals surface area (Å²) < 4.78 is 19.2. The van der Waals surface area contributed by atoms with Gasteiger partial charge in [-0.05, 0) is 6.07 Å². The second kappa shape index (κ2) is 5.57. The number of ether oxygens (including phenoxy) is 1. The highest BCUT2D eigenvalue weighted by atomic mass is 19.1. The van der Waals surface area contributed by atoms with Crippen molar-refractivity contribution in [1.29, 1.82) is 0 Å². The number of esters is 1. The van der Waals surface area contributed by atoms with Crippen molar-refractivity contribution < 1.29 is 19.0 Å². The first-order chi connectivity index (χ1) is 9.11. The third-order valence-corrected chi connectivity index (χ3v) is 2.56. The Hall–Kier alpha value is -2.28. The molecule has 0 bridgehead atoms. The van der Waals surface area contributed by atoms with Crippen molar-refractivity contribution in [1.82, 2.24) is 15.0 Å². The topological polar surface area (TPSA) is 77.2 Å². The largest absolute Gasteiger partial charge is 0.464 e. The van der Waals surface area contributed by atoms with E-state index in [1.54, 1.807) is 6.07 Å². The zero-order chi connectivity index (χ0) is 13.8. The highest BCUT2D eigenvalue weighted by Crippen LogP contribution is 2.18. The quantitative estimate of drug-likeness (QED) is 0.832. The number of methoxy groups -OCH3 is 1. The second-order valence-electron chi connectivity index (χ2n) is 3.85. The molecular formula is C12H12FN3O3. The molecular weight excluding hydrogens is 253 g/mol. The molecule has 0 amide bonds. The molecule has 0 saturated heterocycles. The molecule has 1 aromatic carbocycles. The number of hydrogen-bond donors (Lipinski definition) is 1. The second-order valence-corrected chi connectivity index (χ2v) is 3.85. The van der Waals surface area contributed by atoms with Crippen LogP contribution >= 0.6 is 0 Å². The van der Waals surface area contributed by atoms with Crippen molar-refractivity contribution in [2.75, 3.05) is 7.11 Å². The molecule has 1 unspecified atom stereocenters. The fourth-order valence-corrected chi connectivity index (χ4v) is 1.61. The van der Waals surface area contributed by atoms with Gasteiger partial charge in [-0.1, -0.05) is 23.4 Å². The molecule has 19 heavy (non-hydrogen) atoms. The molecule has 0 fully saturated rings. The molecule has 0 radical (unpaired) electrons. The van der Waals surface area contributed by atoms with Gasteiger partial charge in [0.05, 0.1) is 19.9 Å². The molecule has 1 atom stereocenters. The zero-order valence-electron chi connectivity index (χ0n) is 10.2. The molecule has 100 valence electrons. The number of halogens is 1. The van der Waals surface area contributed by atoms with Gasteiger partial charge in [0.25, 0.3) is 0 Å². The number of carbonyl (C=O) groups excluding carboxylic acids is 1. The van der Waals surface area contributed by atoms with E-state index in [1.165, 1.54) is 36.2 Å². The maximum atomic E-state index is 13.5. The minimum absolute atomic E-state index is 0.00900. The summed E-state index contributed by atoms with van der Waals surface area (Å²) >= 11 is 0. The summed E-state index contributed by atoms with van der Waals surface area (Å²) in [5, 5.41) is 17.2. The number of nitrogens with zero attached hydrogens (tertiary/aromatic N) is 3. The average molecular weight is 265 g/mol. The Morgan fingerprint density at radius 1 is 1.53 bits per heavy atom. The van der Waals surface area contributed by atoms with Gasteiger partial charge < -0.3 is 9.84 Å². The third kappa shape index (κ3) is 2.94. The highest BCUT2D eigenvalue weighted by molar-refractivity contribution is 5.86. The Bertz CT molecular complexity index is 585. The van der Waals surface area contributed by atoms with Gasteiger partial charge in [-0.3, -0.25) is 0 Å². The van der Waals surface area contributed by atoms with Crippen LogP contribution in [0, 0.1) is 5.82 Å². The molecule has 0 aliphatic carbocycles. The lowest BCUT2D eigenvalue weighted by Gasteiger charge is -2.11. The maximum absolute atomic E-state index is 13.5. The van der Waals surface area contributed by atoms with Crippen LogP contribution < -0.4 is 0 Å². The van der Waals surface area contributed by atoms with Crippen LogP contribution in [-0.2, 0) is 11.3 Å². The number of rotatable bonds is 4. The van der Waals surface area contributed by atoms with E-state index in [0.29, 0.717) is 0 Å². The Balaban J connectivity index is 2.11. The van der Waals surface area contributed by atoms with Crippen molar-refractivity contribution in [2.45, 2.75) is 12.6 Å². The van der Waals surface area contributed by atoms with Crippen molar-refractivity contribution in [2.24, 2.45) is 0 Å². The Kier molecular flexibility index (Phi) is 3.86. The molecule has 1 N–H and O–H groups in total. The Morgan fingerprint density at radius 3 is 2.95 bits per heavy atom. The minimum atomic E-state index is -1.08. The van der Waals surface area contributed by atoms with Crippen LogP contribution in [0.25, 0.3) is 0 Å². The molecule has 0 aliphatic heterocycles. The van der Waals surface area contributed by atoms with E-state index in [9.17, 15) is 14.3 Å². The monoisotopic (exact) mass is 265 g/mol. The van der Waals surface area contributed by atoms with Crippen LogP contribution in [-0.4, -0.2) is 33.2 Å². The molecule has 0 aliphatic rings. The van der Waals surface area contributed by atoms with Gasteiger partial charge in [-0.2, -0.15) is 0 Å². The van der Waals surface area contributed by atoms with E-state index in [1.807, 2.05) is 0 Å². The van der Waals surface area contributed by atoms with Crippen LogP contribution in [0.5, 0.6) is 0 Å². The zero-order valence-corrected chi connectivity index (χ0v) is 10.2. The van der Waals surface area contributed by atoms with Crippen LogP contribution in [0.15, 0.2) is 30.5 Å². The lowest BCUT2D eigenvalue weighted by molar-refractivity contribution is 0.0593. The molecule has 7 heteroatoms. The van der Waals surface area contributed by atoms with Crippen LogP contribution in [0.4, 0.5) is 4.39 Å². The summed E-state index contributed by atoms with van der Waals surface area (Å²) in [6.45, 7) is -0.00900. The van der Waals surface area contributed by atoms with E-state index in [-0.39, 0.29) is 17.8 Å². The Labute approximate surface area is 108 Å². The van der Waals surface area contributed by atoms with Gasteiger partial charge in [-0.25, -0.2) is 13.9 Å². The molecule has 0 spiro atoms. The first-order valence-electron chi connectivity index (χ1n) is 5.52. The number of benzene rings is 1. The number of carbonyl (C=O) groups is 1. The van der Waals surface area contributed by atoms with Crippen molar-refractivity contribution in [3.63, 3.8) is 0 Å². The van der Waals surface area contributed by atoms with Gasteiger partial charge in [0.15, 0.2) is 5.69 Å². The van der Waals surface area contributed by atoms with Gasteiger partial charge in [-0.15, -0.1) is 5.10 Å².